The average Bonchev–Trinajstić information content (AvgIpc) is 1.68. The van der Waals surface area contributed by atoms with Crippen LogP contribution < -0.4 is 0 Å². The number of rotatable bonds is 3. The predicted molar refractivity (Wildman–Crippen MR) is 31.2 cm³/mol. The summed E-state index contributed by atoms with van der Waals surface area (Å²) in [6.07, 6.45) is 2.33. The van der Waals surface area contributed by atoms with Crippen molar-refractivity contribution in [3.8, 4) is 0 Å². The van der Waals surface area contributed by atoms with Crippen LogP contribution in [0.15, 0.2) is 0 Å². The van der Waals surface area contributed by atoms with Crippen molar-refractivity contribution in [1.82, 2.24) is 0 Å². The van der Waals surface area contributed by atoms with E-state index in [0.717, 1.165) is 6.42 Å². The highest BCUT2D eigenvalue weighted by Gasteiger charge is 1.93. The maximum absolute atomic E-state index is 8.47. The second-order valence-corrected chi connectivity index (χ2v) is 2.08. The largest absolute Gasteiger partial charge is 0.396 e. The summed E-state index contributed by atoms with van der Waals surface area (Å²) in [5.41, 5.74) is 0. The van der Waals surface area contributed by atoms with Gasteiger partial charge in [-0.3, -0.25) is 0 Å². The van der Waals surface area contributed by atoms with Crippen molar-refractivity contribution >= 4 is 0 Å². The van der Waals surface area contributed by atoms with Crippen molar-refractivity contribution in [1.29, 1.82) is 0 Å². The van der Waals surface area contributed by atoms with E-state index in [1.165, 1.54) is 6.42 Å². The molecule has 0 aromatic carbocycles. The van der Waals surface area contributed by atoms with Gasteiger partial charge in [0.2, 0.25) is 0 Å². The molecule has 0 fully saturated rings. The molecule has 0 spiro atoms. The number of aliphatic hydroxyl groups is 1. The molecule has 0 aromatic heterocycles. The van der Waals surface area contributed by atoms with Gasteiger partial charge in [-0.05, 0) is 12.3 Å². The topological polar surface area (TPSA) is 20.2 Å². The molecule has 0 unspecified atom stereocenters. The van der Waals surface area contributed by atoms with Crippen molar-refractivity contribution in [2.75, 3.05) is 6.61 Å². The summed E-state index contributed by atoms with van der Waals surface area (Å²) in [5, 5.41) is 8.47. The third-order valence-corrected chi connectivity index (χ3v) is 1.09. The first-order chi connectivity index (χ1) is 3.31. The molecule has 0 saturated carbocycles. The zero-order chi connectivity index (χ0) is 5.70. The first kappa shape index (κ1) is 6.96. The fourth-order valence-corrected chi connectivity index (χ4v) is 0.584. The van der Waals surface area contributed by atoms with Gasteiger partial charge in [0.25, 0.3) is 0 Å². The van der Waals surface area contributed by atoms with E-state index < -0.39 is 0 Å². The van der Waals surface area contributed by atoms with E-state index in [2.05, 4.69) is 13.8 Å². The summed E-state index contributed by atoms with van der Waals surface area (Å²) in [5.74, 6) is 0.505. The van der Waals surface area contributed by atoms with Gasteiger partial charge in [0, 0.05) is 6.61 Å². The molecule has 7 heavy (non-hydrogen) atoms. The molecule has 0 heterocycles. The standard InChI is InChI=1S/C6H14O/c1-3-4-6(2)5-7/h6-7H,3-5H2,1-2H3/t6-/m1/s1. The molecule has 0 bridgehead atoms. The molecule has 0 rings (SSSR count). The highest BCUT2D eigenvalue weighted by molar-refractivity contribution is 4.45. The summed E-state index contributed by atoms with van der Waals surface area (Å²) >= 11 is 0. The fourth-order valence-electron chi connectivity index (χ4n) is 0.584. The Balaban J connectivity index is 2.83. The SMILES string of the molecule is CCC[C@@H](C)CO. The third kappa shape index (κ3) is 3.80. The highest BCUT2D eigenvalue weighted by Crippen LogP contribution is 2.01. The lowest BCUT2D eigenvalue weighted by molar-refractivity contribution is 0.229. The van der Waals surface area contributed by atoms with Crippen LogP contribution in [0.1, 0.15) is 26.7 Å². The predicted octanol–water partition coefficient (Wildman–Crippen LogP) is 1.41. The van der Waals surface area contributed by atoms with Crippen LogP contribution in [0.4, 0.5) is 0 Å². The van der Waals surface area contributed by atoms with Gasteiger partial charge in [0.1, 0.15) is 0 Å². The molecule has 0 aromatic rings. The van der Waals surface area contributed by atoms with Crippen molar-refractivity contribution in [2.24, 2.45) is 5.92 Å². The molecule has 0 amide bonds. The molecule has 44 valence electrons. The third-order valence-electron chi connectivity index (χ3n) is 1.09. The first-order valence-electron chi connectivity index (χ1n) is 2.92. The lowest BCUT2D eigenvalue weighted by Crippen LogP contribution is -1.98. The summed E-state index contributed by atoms with van der Waals surface area (Å²) < 4.78 is 0. The van der Waals surface area contributed by atoms with Gasteiger partial charge in [-0.25, -0.2) is 0 Å². The first-order valence-corrected chi connectivity index (χ1v) is 2.92. The molecule has 0 radical (unpaired) electrons. The van der Waals surface area contributed by atoms with E-state index >= 15 is 0 Å². The Labute approximate surface area is 45.4 Å². The van der Waals surface area contributed by atoms with Crippen LogP contribution in [-0.2, 0) is 0 Å². The van der Waals surface area contributed by atoms with E-state index in [1.807, 2.05) is 0 Å². The molecular formula is C6H14O. The zero-order valence-electron chi connectivity index (χ0n) is 5.15. The molecule has 0 aliphatic heterocycles. The lowest BCUT2D eigenvalue weighted by Gasteiger charge is -2.01. The summed E-state index contributed by atoms with van der Waals surface area (Å²) in [4.78, 5) is 0. The van der Waals surface area contributed by atoms with Crippen molar-refractivity contribution in [3.05, 3.63) is 0 Å². The van der Waals surface area contributed by atoms with Gasteiger partial charge in [0.05, 0.1) is 0 Å². The van der Waals surface area contributed by atoms with E-state index in [4.69, 9.17) is 5.11 Å². The quantitative estimate of drug-likeness (QED) is 0.571. The number of aliphatic hydroxyl groups excluding tert-OH is 1. The molecular weight excluding hydrogens is 88.1 g/mol. The van der Waals surface area contributed by atoms with E-state index in [9.17, 15) is 0 Å². The maximum atomic E-state index is 8.47. The zero-order valence-corrected chi connectivity index (χ0v) is 5.15. The van der Waals surface area contributed by atoms with Crippen LogP contribution in [0.2, 0.25) is 0 Å². The Morgan fingerprint density at radius 2 is 2.14 bits per heavy atom. The van der Waals surface area contributed by atoms with E-state index in [0.29, 0.717) is 12.5 Å². The molecule has 1 N–H and O–H groups in total. The average molecular weight is 102 g/mol. The Bertz CT molecular complexity index is 35.2. The minimum absolute atomic E-state index is 0.341. The minimum Gasteiger partial charge on any atom is -0.396 e. The van der Waals surface area contributed by atoms with Gasteiger partial charge >= 0.3 is 0 Å². The lowest BCUT2D eigenvalue weighted by atomic mass is 10.1. The Kier molecular flexibility index (Phi) is 4.10. The summed E-state index contributed by atoms with van der Waals surface area (Å²) in [6.45, 7) is 4.53. The van der Waals surface area contributed by atoms with E-state index in [-0.39, 0.29) is 0 Å². The molecule has 1 nitrogen and oxygen atoms in total. The Hall–Kier alpha value is -0.0400. The normalized spacial score (nSPS) is 14.1. The van der Waals surface area contributed by atoms with Gasteiger partial charge in [0.15, 0.2) is 0 Å². The number of hydrogen-bond acceptors (Lipinski definition) is 1. The van der Waals surface area contributed by atoms with Gasteiger partial charge < -0.3 is 5.11 Å². The van der Waals surface area contributed by atoms with Crippen LogP contribution in [0, 0.1) is 5.92 Å². The smallest absolute Gasteiger partial charge is 0.0456 e. The number of hydrogen-bond donors (Lipinski definition) is 1. The monoisotopic (exact) mass is 102 g/mol. The molecule has 1 heteroatoms. The molecule has 1 atom stereocenters. The molecule has 0 saturated heterocycles. The molecule has 0 aliphatic rings. The Morgan fingerprint density at radius 3 is 2.29 bits per heavy atom. The summed E-state index contributed by atoms with van der Waals surface area (Å²) in [6, 6.07) is 0. The van der Waals surface area contributed by atoms with Gasteiger partial charge in [-0.2, -0.15) is 0 Å². The second-order valence-electron chi connectivity index (χ2n) is 2.08. The fraction of sp³-hybridized carbons (Fsp3) is 1.00. The maximum Gasteiger partial charge on any atom is 0.0456 e. The minimum atomic E-state index is 0.341. The second kappa shape index (κ2) is 4.13. The Morgan fingerprint density at radius 1 is 1.57 bits per heavy atom. The van der Waals surface area contributed by atoms with Gasteiger partial charge in [-0.15, -0.1) is 0 Å². The van der Waals surface area contributed by atoms with Crippen LogP contribution in [0.5, 0.6) is 0 Å². The van der Waals surface area contributed by atoms with E-state index in [1.54, 1.807) is 0 Å². The van der Waals surface area contributed by atoms with Crippen molar-refractivity contribution in [2.45, 2.75) is 26.7 Å². The van der Waals surface area contributed by atoms with Crippen molar-refractivity contribution < 1.29 is 5.11 Å². The highest BCUT2D eigenvalue weighted by atomic mass is 16.3. The van der Waals surface area contributed by atoms with Crippen LogP contribution in [0.25, 0.3) is 0 Å². The van der Waals surface area contributed by atoms with Crippen LogP contribution in [-0.4, -0.2) is 11.7 Å². The van der Waals surface area contributed by atoms with Crippen LogP contribution in [0.3, 0.4) is 0 Å². The van der Waals surface area contributed by atoms with Crippen LogP contribution >= 0.6 is 0 Å². The molecule has 0 aliphatic carbocycles. The van der Waals surface area contributed by atoms with Gasteiger partial charge in [-0.1, -0.05) is 20.3 Å². The van der Waals surface area contributed by atoms with Crippen molar-refractivity contribution in [3.63, 3.8) is 0 Å². The summed E-state index contributed by atoms with van der Waals surface area (Å²) in [7, 11) is 0.